The summed E-state index contributed by atoms with van der Waals surface area (Å²) >= 11 is 0. The predicted octanol–water partition coefficient (Wildman–Crippen LogP) is 2.61. The highest BCUT2D eigenvalue weighted by Crippen LogP contribution is 2.11. The number of nitriles is 1. The highest BCUT2D eigenvalue weighted by Gasteiger charge is 1.96. The quantitative estimate of drug-likeness (QED) is 0.691. The van der Waals surface area contributed by atoms with E-state index in [1.165, 1.54) is 0 Å². The predicted molar refractivity (Wildman–Crippen MR) is 62.3 cm³/mol. The van der Waals surface area contributed by atoms with E-state index in [1.807, 2.05) is 0 Å². The molecule has 0 unspecified atom stereocenters. The van der Waals surface area contributed by atoms with Crippen LogP contribution in [0.5, 0.6) is 5.75 Å². The molecule has 3 heteroatoms. The molecule has 0 atom stereocenters. The zero-order valence-electron chi connectivity index (χ0n) is 9.77. The van der Waals surface area contributed by atoms with Gasteiger partial charge in [-0.05, 0) is 30.2 Å². The Morgan fingerprint density at radius 1 is 1.19 bits per heavy atom. The second-order valence-corrected chi connectivity index (χ2v) is 3.95. The minimum absolute atomic E-state index is 0.540. The van der Waals surface area contributed by atoms with Crippen LogP contribution in [-0.2, 0) is 4.74 Å². The number of ether oxygens (including phenoxy) is 2. The van der Waals surface area contributed by atoms with Crippen LogP contribution in [0, 0.1) is 17.2 Å². The normalized spacial score (nSPS) is 10.1. The van der Waals surface area contributed by atoms with E-state index >= 15 is 0 Å². The molecular weight excluding hydrogens is 202 g/mol. The summed E-state index contributed by atoms with van der Waals surface area (Å²) in [6.45, 7) is 6.12. The van der Waals surface area contributed by atoms with Crippen LogP contribution in [0.2, 0.25) is 0 Å². The monoisotopic (exact) mass is 219 g/mol. The molecular formula is C13H17NO2. The molecule has 0 spiro atoms. The number of rotatable bonds is 6. The molecule has 0 aliphatic carbocycles. The molecule has 0 bridgehead atoms. The van der Waals surface area contributed by atoms with E-state index < -0.39 is 0 Å². The standard InChI is InChI=1S/C13H17NO2/c1-11(2)10-15-7-8-16-13-5-3-12(9-14)4-6-13/h3-6,11H,7-8,10H2,1-2H3. The molecule has 0 saturated carbocycles. The number of hydrogen-bond acceptors (Lipinski definition) is 3. The second-order valence-electron chi connectivity index (χ2n) is 3.95. The van der Waals surface area contributed by atoms with Crippen LogP contribution in [-0.4, -0.2) is 19.8 Å². The van der Waals surface area contributed by atoms with Gasteiger partial charge in [0.25, 0.3) is 0 Å². The van der Waals surface area contributed by atoms with Crippen molar-refractivity contribution < 1.29 is 9.47 Å². The molecule has 16 heavy (non-hydrogen) atoms. The van der Waals surface area contributed by atoms with Crippen LogP contribution in [0.4, 0.5) is 0 Å². The fourth-order valence-electron chi connectivity index (χ4n) is 1.16. The molecule has 0 N–H and O–H groups in total. The first-order valence-corrected chi connectivity index (χ1v) is 5.43. The highest BCUT2D eigenvalue weighted by molar-refractivity contribution is 5.34. The summed E-state index contributed by atoms with van der Waals surface area (Å²) in [4.78, 5) is 0. The first kappa shape index (κ1) is 12.5. The topological polar surface area (TPSA) is 42.2 Å². The van der Waals surface area contributed by atoms with E-state index in [2.05, 4.69) is 19.9 Å². The molecule has 86 valence electrons. The first-order chi connectivity index (χ1) is 7.72. The summed E-state index contributed by atoms with van der Waals surface area (Å²) < 4.78 is 10.8. The third-order valence-electron chi connectivity index (χ3n) is 1.93. The van der Waals surface area contributed by atoms with Crippen molar-refractivity contribution in [3.63, 3.8) is 0 Å². The van der Waals surface area contributed by atoms with Crippen LogP contribution in [0.25, 0.3) is 0 Å². The average Bonchev–Trinajstić information content (AvgIpc) is 2.29. The SMILES string of the molecule is CC(C)COCCOc1ccc(C#N)cc1. The minimum Gasteiger partial charge on any atom is -0.491 e. The van der Waals surface area contributed by atoms with E-state index in [-0.39, 0.29) is 0 Å². The molecule has 0 fully saturated rings. The molecule has 1 rings (SSSR count). The van der Waals surface area contributed by atoms with Gasteiger partial charge in [0.15, 0.2) is 0 Å². The molecule has 0 amide bonds. The molecule has 0 aromatic heterocycles. The van der Waals surface area contributed by atoms with Gasteiger partial charge in [0.05, 0.1) is 18.2 Å². The van der Waals surface area contributed by atoms with E-state index in [0.717, 1.165) is 12.4 Å². The minimum atomic E-state index is 0.540. The van der Waals surface area contributed by atoms with Gasteiger partial charge in [-0.1, -0.05) is 13.8 Å². The van der Waals surface area contributed by atoms with Gasteiger partial charge in [0.1, 0.15) is 12.4 Å². The summed E-state index contributed by atoms with van der Waals surface area (Å²) in [5, 5.41) is 8.62. The molecule has 0 saturated heterocycles. The van der Waals surface area contributed by atoms with Crippen molar-refractivity contribution in [3.05, 3.63) is 29.8 Å². The van der Waals surface area contributed by atoms with Gasteiger partial charge < -0.3 is 9.47 Å². The summed E-state index contributed by atoms with van der Waals surface area (Å²) in [7, 11) is 0. The summed E-state index contributed by atoms with van der Waals surface area (Å²) in [6.07, 6.45) is 0. The Balaban J connectivity index is 2.20. The number of hydrogen-bond donors (Lipinski definition) is 0. The molecule has 0 aliphatic heterocycles. The maximum absolute atomic E-state index is 8.62. The summed E-state index contributed by atoms with van der Waals surface area (Å²) in [5.74, 6) is 1.32. The Labute approximate surface area is 96.6 Å². The molecule has 0 heterocycles. The fourth-order valence-corrected chi connectivity index (χ4v) is 1.16. The number of benzene rings is 1. The third kappa shape index (κ3) is 4.81. The van der Waals surface area contributed by atoms with Gasteiger partial charge >= 0.3 is 0 Å². The van der Waals surface area contributed by atoms with Gasteiger partial charge in [-0.25, -0.2) is 0 Å². The van der Waals surface area contributed by atoms with Crippen molar-refractivity contribution in [1.29, 1.82) is 5.26 Å². The van der Waals surface area contributed by atoms with Crippen molar-refractivity contribution >= 4 is 0 Å². The lowest BCUT2D eigenvalue weighted by molar-refractivity contribution is 0.0819. The van der Waals surface area contributed by atoms with Crippen LogP contribution >= 0.6 is 0 Å². The van der Waals surface area contributed by atoms with E-state index in [9.17, 15) is 0 Å². The fraction of sp³-hybridized carbons (Fsp3) is 0.462. The average molecular weight is 219 g/mol. The van der Waals surface area contributed by atoms with Gasteiger partial charge in [-0.2, -0.15) is 5.26 Å². The van der Waals surface area contributed by atoms with Crippen molar-refractivity contribution in [2.24, 2.45) is 5.92 Å². The third-order valence-corrected chi connectivity index (χ3v) is 1.93. The van der Waals surface area contributed by atoms with E-state index in [0.29, 0.717) is 24.7 Å². The van der Waals surface area contributed by atoms with Crippen molar-refractivity contribution in [1.82, 2.24) is 0 Å². The van der Waals surface area contributed by atoms with Crippen LogP contribution in [0.3, 0.4) is 0 Å². The number of nitrogens with zero attached hydrogens (tertiary/aromatic N) is 1. The van der Waals surface area contributed by atoms with Gasteiger partial charge in [0, 0.05) is 6.61 Å². The van der Waals surface area contributed by atoms with Gasteiger partial charge in [0.2, 0.25) is 0 Å². The molecule has 3 nitrogen and oxygen atoms in total. The van der Waals surface area contributed by atoms with Crippen molar-refractivity contribution in [3.8, 4) is 11.8 Å². The van der Waals surface area contributed by atoms with Crippen LogP contribution < -0.4 is 4.74 Å². The molecule has 0 radical (unpaired) electrons. The molecule has 0 aliphatic rings. The Bertz CT molecular complexity index is 338. The van der Waals surface area contributed by atoms with Crippen molar-refractivity contribution in [2.45, 2.75) is 13.8 Å². The Kier molecular flexibility index (Phi) is 5.38. The molecule has 1 aromatic carbocycles. The van der Waals surface area contributed by atoms with E-state index in [1.54, 1.807) is 24.3 Å². The molecule has 1 aromatic rings. The van der Waals surface area contributed by atoms with Crippen LogP contribution in [0.1, 0.15) is 19.4 Å². The second kappa shape index (κ2) is 6.86. The van der Waals surface area contributed by atoms with Crippen molar-refractivity contribution in [2.75, 3.05) is 19.8 Å². The highest BCUT2D eigenvalue weighted by atomic mass is 16.5. The van der Waals surface area contributed by atoms with E-state index in [4.69, 9.17) is 14.7 Å². The Hall–Kier alpha value is -1.53. The van der Waals surface area contributed by atoms with Gasteiger partial charge in [-0.15, -0.1) is 0 Å². The summed E-state index contributed by atoms with van der Waals surface area (Å²) in [6, 6.07) is 9.13. The largest absolute Gasteiger partial charge is 0.491 e. The maximum Gasteiger partial charge on any atom is 0.119 e. The lowest BCUT2D eigenvalue weighted by Gasteiger charge is -2.08. The van der Waals surface area contributed by atoms with Gasteiger partial charge in [-0.3, -0.25) is 0 Å². The summed E-state index contributed by atoms with van der Waals surface area (Å²) in [5.41, 5.74) is 0.642. The lowest BCUT2D eigenvalue weighted by atomic mass is 10.2. The van der Waals surface area contributed by atoms with Crippen LogP contribution in [0.15, 0.2) is 24.3 Å². The first-order valence-electron chi connectivity index (χ1n) is 5.43. The smallest absolute Gasteiger partial charge is 0.119 e. The Morgan fingerprint density at radius 3 is 2.44 bits per heavy atom. The Morgan fingerprint density at radius 2 is 1.88 bits per heavy atom. The zero-order chi connectivity index (χ0) is 11.8. The maximum atomic E-state index is 8.62. The lowest BCUT2D eigenvalue weighted by Crippen LogP contribution is -2.10. The zero-order valence-corrected chi connectivity index (χ0v) is 9.77.